The molecule has 15 heavy (non-hydrogen) atoms. The first kappa shape index (κ1) is 10.3. The Morgan fingerprint density at radius 3 is 2.80 bits per heavy atom. The van der Waals surface area contributed by atoms with Gasteiger partial charge in [0.1, 0.15) is 0 Å². The van der Waals surface area contributed by atoms with Crippen molar-refractivity contribution < 1.29 is 0 Å². The lowest BCUT2D eigenvalue weighted by Crippen LogP contribution is -2.15. The zero-order valence-corrected chi connectivity index (χ0v) is 9.39. The molecule has 2 rings (SSSR count). The van der Waals surface area contributed by atoms with Gasteiger partial charge in [-0.1, -0.05) is 36.4 Å². The molecule has 0 aromatic heterocycles. The second-order valence-electron chi connectivity index (χ2n) is 4.35. The Kier molecular flexibility index (Phi) is 3.44. The van der Waals surface area contributed by atoms with Gasteiger partial charge in [0.25, 0.3) is 0 Å². The van der Waals surface area contributed by atoms with Crippen molar-refractivity contribution >= 4 is 0 Å². The Morgan fingerprint density at radius 2 is 2.00 bits per heavy atom. The van der Waals surface area contributed by atoms with Gasteiger partial charge in [0, 0.05) is 13.6 Å². The number of hydrogen-bond donors (Lipinski definition) is 0. The molecule has 1 nitrogen and oxygen atoms in total. The normalized spacial score (nSPS) is 22.2. The molecular weight excluding hydrogens is 182 g/mol. The molecule has 1 aromatic carbocycles. The van der Waals surface area contributed by atoms with E-state index in [9.17, 15) is 0 Å². The Labute approximate surface area is 92.4 Å². The Hall–Kier alpha value is -1.24. The first-order valence-electron chi connectivity index (χ1n) is 5.78. The van der Waals surface area contributed by atoms with Crippen LogP contribution < -0.4 is 0 Å². The highest BCUT2D eigenvalue weighted by molar-refractivity contribution is 5.20. The first-order chi connectivity index (χ1) is 7.36. The highest BCUT2D eigenvalue weighted by Crippen LogP contribution is 2.26. The van der Waals surface area contributed by atoms with Crippen molar-refractivity contribution in [1.82, 2.24) is 4.90 Å². The van der Waals surface area contributed by atoms with Crippen LogP contribution in [0.5, 0.6) is 0 Å². The number of nitrogens with zero attached hydrogens (tertiary/aromatic N) is 1. The summed E-state index contributed by atoms with van der Waals surface area (Å²) in [4.78, 5) is 2.28. The zero-order valence-electron chi connectivity index (χ0n) is 9.39. The van der Waals surface area contributed by atoms with Crippen LogP contribution in [-0.2, 0) is 0 Å². The summed E-state index contributed by atoms with van der Waals surface area (Å²) in [7, 11) is 2.15. The number of rotatable bonds is 1. The lowest BCUT2D eigenvalue weighted by atomic mass is 9.90. The van der Waals surface area contributed by atoms with E-state index in [2.05, 4.69) is 54.6 Å². The molecule has 1 aliphatic rings. The van der Waals surface area contributed by atoms with Gasteiger partial charge in [0.05, 0.1) is 0 Å². The van der Waals surface area contributed by atoms with Crippen molar-refractivity contribution in [2.45, 2.75) is 25.2 Å². The third kappa shape index (κ3) is 2.85. The van der Waals surface area contributed by atoms with Crippen molar-refractivity contribution in [3.63, 3.8) is 0 Å². The summed E-state index contributed by atoms with van der Waals surface area (Å²) in [6.45, 7) is 1.18. The number of benzene rings is 1. The minimum absolute atomic E-state index is 0.719. The van der Waals surface area contributed by atoms with Crippen molar-refractivity contribution in [3.05, 3.63) is 48.2 Å². The van der Waals surface area contributed by atoms with Crippen LogP contribution in [0.3, 0.4) is 0 Å². The van der Waals surface area contributed by atoms with Crippen LogP contribution in [0.1, 0.15) is 30.7 Å². The third-order valence-electron chi connectivity index (χ3n) is 3.11. The van der Waals surface area contributed by atoms with Gasteiger partial charge < -0.3 is 4.90 Å². The SMILES string of the molecule is CN1C=CCC(c2ccccc2)CCC1. The fourth-order valence-corrected chi connectivity index (χ4v) is 2.21. The first-order valence-corrected chi connectivity index (χ1v) is 5.78. The monoisotopic (exact) mass is 201 g/mol. The standard InChI is InChI=1S/C14H19N/c1-15-11-5-9-14(10-6-12-15)13-7-3-2-4-8-13/h2-5,7-8,11,14H,6,9-10,12H2,1H3. The summed E-state index contributed by atoms with van der Waals surface area (Å²) in [5, 5.41) is 0. The second kappa shape index (κ2) is 5.01. The molecule has 1 heterocycles. The summed E-state index contributed by atoms with van der Waals surface area (Å²) in [6, 6.07) is 10.9. The van der Waals surface area contributed by atoms with E-state index in [1.165, 1.54) is 31.4 Å². The summed E-state index contributed by atoms with van der Waals surface area (Å²) in [5.74, 6) is 0.719. The maximum Gasteiger partial charge on any atom is 0.0169 e. The van der Waals surface area contributed by atoms with Crippen molar-refractivity contribution in [1.29, 1.82) is 0 Å². The molecule has 0 saturated carbocycles. The van der Waals surface area contributed by atoms with Gasteiger partial charge in [-0.2, -0.15) is 0 Å². The summed E-state index contributed by atoms with van der Waals surface area (Å²) < 4.78 is 0. The van der Waals surface area contributed by atoms with Crippen LogP contribution in [0.2, 0.25) is 0 Å². The van der Waals surface area contributed by atoms with Crippen LogP contribution >= 0.6 is 0 Å². The van der Waals surface area contributed by atoms with Gasteiger partial charge >= 0.3 is 0 Å². The third-order valence-corrected chi connectivity index (χ3v) is 3.11. The molecule has 0 radical (unpaired) electrons. The zero-order chi connectivity index (χ0) is 10.5. The number of allylic oxidation sites excluding steroid dienone is 1. The average molecular weight is 201 g/mol. The van der Waals surface area contributed by atoms with Crippen molar-refractivity contribution in [3.8, 4) is 0 Å². The molecule has 0 spiro atoms. The quantitative estimate of drug-likeness (QED) is 0.673. The Morgan fingerprint density at radius 1 is 1.20 bits per heavy atom. The maximum absolute atomic E-state index is 2.30. The predicted octanol–water partition coefficient (Wildman–Crippen LogP) is 3.40. The molecule has 1 aliphatic heterocycles. The molecule has 1 unspecified atom stereocenters. The second-order valence-corrected chi connectivity index (χ2v) is 4.35. The molecule has 1 aromatic rings. The van der Waals surface area contributed by atoms with Gasteiger partial charge in [-0.3, -0.25) is 0 Å². The van der Waals surface area contributed by atoms with E-state index < -0.39 is 0 Å². The smallest absolute Gasteiger partial charge is 0.0169 e. The lowest BCUT2D eigenvalue weighted by molar-refractivity contribution is 0.408. The highest BCUT2D eigenvalue weighted by atomic mass is 15.1. The molecule has 1 atom stereocenters. The molecule has 0 bridgehead atoms. The molecule has 80 valence electrons. The topological polar surface area (TPSA) is 3.24 Å². The van der Waals surface area contributed by atoms with Crippen molar-refractivity contribution in [2.75, 3.05) is 13.6 Å². The van der Waals surface area contributed by atoms with E-state index in [-0.39, 0.29) is 0 Å². The van der Waals surface area contributed by atoms with Gasteiger partial charge in [-0.05, 0) is 36.9 Å². The van der Waals surface area contributed by atoms with Gasteiger partial charge in [0.15, 0.2) is 0 Å². The van der Waals surface area contributed by atoms with Gasteiger partial charge in [0.2, 0.25) is 0 Å². The summed E-state index contributed by atoms with van der Waals surface area (Å²) >= 11 is 0. The Balaban J connectivity index is 2.07. The minimum atomic E-state index is 0.719. The van der Waals surface area contributed by atoms with Crippen LogP contribution in [0.25, 0.3) is 0 Å². The molecule has 1 heteroatoms. The van der Waals surface area contributed by atoms with E-state index in [4.69, 9.17) is 0 Å². The molecular formula is C14H19N. The van der Waals surface area contributed by atoms with Gasteiger partial charge in [-0.15, -0.1) is 0 Å². The van der Waals surface area contributed by atoms with Crippen LogP contribution in [0, 0.1) is 0 Å². The number of hydrogen-bond acceptors (Lipinski definition) is 1. The minimum Gasteiger partial charge on any atom is -0.381 e. The average Bonchev–Trinajstić information content (AvgIpc) is 2.24. The maximum atomic E-state index is 2.30. The van der Waals surface area contributed by atoms with Gasteiger partial charge in [-0.25, -0.2) is 0 Å². The molecule has 0 fully saturated rings. The van der Waals surface area contributed by atoms with E-state index >= 15 is 0 Å². The van der Waals surface area contributed by atoms with E-state index in [0.717, 1.165) is 5.92 Å². The van der Waals surface area contributed by atoms with E-state index in [1.807, 2.05) is 0 Å². The molecule has 0 N–H and O–H groups in total. The largest absolute Gasteiger partial charge is 0.381 e. The Bertz CT molecular complexity index is 315. The molecule has 0 saturated heterocycles. The fraction of sp³-hybridized carbons (Fsp3) is 0.429. The van der Waals surface area contributed by atoms with Crippen LogP contribution in [-0.4, -0.2) is 18.5 Å². The molecule has 0 amide bonds. The lowest BCUT2D eigenvalue weighted by Gasteiger charge is -2.22. The van der Waals surface area contributed by atoms with Crippen LogP contribution in [0.4, 0.5) is 0 Å². The fourth-order valence-electron chi connectivity index (χ4n) is 2.21. The predicted molar refractivity (Wildman–Crippen MR) is 64.8 cm³/mol. The highest BCUT2D eigenvalue weighted by Gasteiger charge is 2.11. The summed E-state index contributed by atoms with van der Waals surface area (Å²) in [5.41, 5.74) is 1.49. The van der Waals surface area contributed by atoms with E-state index in [0.29, 0.717) is 0 Å². The summed E-state index contributed by atoms with van der Waals surface area (Å²) in [6.07, 6.45) is 8.29. The van der Waals surface area contributed by atoms with E-state index in [1.54, 1.807) is 0 Å². The molecule has 0 aliphatic carbocycles. The van der Waals surface area contributed by atoms with Crippen LogP contribution in [0.15, 0.2) is 42.6 Å². The van der Waals surface area contributed by atoms with Crippen molar-refractivity contribution in [2.24, 2.45) is 0 Å².